The van der Waals surface area contributed by atoms with Gasteiger partial charge < -0.3 is 19.2 Å². The maximum Gasteiger partial charge on any atom is 0.339 e. The number of ether oxygens (including phenoxy) is 1. The van der Waals surface area contributed by atoms with Gasteiger partial charge in [0.05, 0.1) is 6.54 Å². The summed E-state index contributed by atoms with van der Waals surface area (Å²) < 4.78 is 11.1. The number of likely N-dealkylation sites (N-methyl/N-ethyl adjacent to an activating group) is 1. The Labute approximate surface area is 140 Å². The van der Waals surface area contributed by atoms with Gasteiger partial charge in [-0.2, -0.15) is 0 Å². The van der Waals surface area contributed by atoms with Gasteiger partial charge in [-0.05, 0) is 44.5 Å². The smallest absolute Gasteiger partial charge is 0.339 e. The van der Waals surface area contributed by atoms with E-state index in [1.54, 1.807) is 27.0 Å². The second kappa shape index (κ2) is 7.21. The fourth-order valence-electron chi connectivity index (χ4n) is 2.40. The molecule has 0 saturated heterocycles. The predicted octanol–water partition coefficient (Wildman–Crippen LogP) is 3.02. The first-order valence-corrected chi connectivity index (χ1v) is 7.59. The van der Waals surface area contributed by atoms with E-state index in [-0.39, 0.29) is 18.0 Å². The first-order chi connectivity index (χ1) is 11.3. The zero-order valence-corrected chi connectivity index (χ0v) is 14.2. The van der Waals surface area contributed by atoms with Crippen molar-refractivity contribution < 1.29 is 23.8 Å². The largest absolute Gasteiger partial charge is 0.481 e. The molecule has 1 atom stereocenters. The Balaban J connectivity index is 2.00. The molecule has 0 aliphatic heterocycles. The highest BCUT2D eigenvalue weighted by Gasteiger charge is 2.22. The van der Waals surface area contributed by atoms with Gasteiger partial charge >= 0.3 is 5.97 Å². The molecule has 0 aliphatic rings. The summed E-state index contributed by atoms with van der Waals surface area (Å²) in [5.41, 5.74) is 1.16. The van der Waals surface area contributed by atoms with Crippen LogP contribution >= 0.6 is 0 Å². The van der Waals surface area contributed by atoms with Gasteiger partial charge in [0.15, 0.2) is 6.10 Å². The number of benzene rings is 1. The Bertz CT molecular complexity index is 750. The molecule has 24 heavy (non-hydrogen) atoms. The number of furan rings is 1. The third kappa shape index (κ3) is 4.16. The number of rotatable bonds is 6. The van der Waals surface area contributed by atoms with E-state index in [4.69, 9.17) is 14.3 Å². The monoisotopic (exact) mass is 331 g/mol. The maximum atomic E-state index is 12.4. The molecule has 6 nitrogen and oxygen atoms in total. The van der Waals surface area contributed by atoms with Crippen molar-refractivity contribution in [3.8, 4) is 5.75 Å². The summed E-state index contributed by atoms with van der Waals surface area (Å²) in [6.45, 7) is 5.38. The SMILES string of the molecule is Cc1cccc(OC(C)C(=O)N(C)Cc2cc(C(=O)O)c(C)o2)c1. The molecule has 1 N–H and O–H groups in total. The molecular weight excluding hydrogens is 310 g/mol. The number of hydrogen-bond acceptors (Lipinski definition) is 4. The number of carboxylic acids is 1. The molecule has 6 heteroatoms. The van der Waals surface area contributed by atoms with E-state index in [1.807, 2.05) is 25.1 Å². The highest BCUT2D eigenvalue weighted by Crippen LogP contribution is 2.18. The van der Waals surface area contributed by atoms with Crippen LogP contribution in [-0.4, -0.2) is 35.0 Å². The number of aryl methyl sites for hydroxylation is 2. The average molecular weight is 331 g/mol. The normalized spacial score (nSPS) is 11.8. The van der Waals surface area contributed by atoms with Crippen LogP contribution in [0, 0.1) is 13.8 Å². The number of carboxylic acid groups (broad SMARTS) is 1. The number of carbonyl (C=O) groups excluding carboxylic acids is 1. The minimum absolute atomic E-state index is 0.106. The predicted molar refractivity (Wildman–Crippen MR) is 88.1 cm³/mol. The number of nitrogens with zero attached hydrogens (tertiary/aromatic N) is 1. The Hall–Kier alpha value is -2.76. The summed E-state index contributed by atoms with van der Waals surface area (Å²) in [6, 6.07) is 8.91. The lowest BCUT2D eigenvalue weighted by Crippen LogP contribution is -2.37. The first-order valence-electron chi connectivity index (χ1n) is 7.59. The molecule has 0 spiro atoms. The van der Waals surface area contributed by atoms with Crippen LogP contribution in [0.3, 0.4) is 0 Å². The van der Waals surface area contributed by atoms with Crippen LogP contribution in [0.25, 0.3) is 0 Å². The zero-order chi connectivity index (χ0) is 17.9. The Morgan fingerprint density at radius 2 is 2.00 bits per heavy atom. The highest BCUT2D eigenvalue weighted by molar-refractivity contribution is 5.88. The van der Waals surface area contributed by atoms with Gasteiger partial charge in [-0.15, -0.1) is 0 Å². The Morgan fingerprint density at radius 1 is 1.29 bits per heavy atom. The molecule has 0 fully saturated rings. The lowest BCUT2D eigenvalue weighted by molar-refractivity contribution is -0.137. The van der Waals surface area contributed by atoms with E-state index in [9.17, 15) is 9.59 Å². The van der Waals surface area contributed by atoms with E-state index in [0.29, 0.717) is 17.3 Å². The van der Waals surface area contributed by atoms with Gasteiger partial charge in [-0.3, -0.25) is 4.79 Å². The Kier molecular flexibility index (Phi) is 5.28. The van der Waals surface area contributed by atoms with Crippen LogP contribution < -0.4 is 4.74 Å². The van der Waals surface area contributed by atoms with E-state index >= 15 is 0 Å². The molecule has 2 aromatic rings. The van der Waals surface area contributed by atoms with Gasteiger partial charge in [0.25, 0.3) is 5.91 Å². The second-order valence-corrected chi connectivity index (χ2v) is 5.76. The summed E-state index contributed by atoms with van der Waals surface area (Å²) >= 11 is 0. The van der Waals surface area contributed by atoms with Crippen molar-refractivity contribution >= 4 is 11.9 Å². The van der Waals surface area contributed by atoms with E-state index in [0.717, 1.165) is 5.56 Å². The zero-order valence-electron chi connectivity index (χ0n) is 14.2. The van der Waals surface area contributed by atoms with Crippen molar-refractivity contribution in [3.63, 3.8) is 0 Å². The molecule has 2 rings (SSSR count). The fraction of sp³-hybridized carbons (Fsp3) is 0.333. The van der Waals surface area contributed by atoms with Gasteiger partial charge in [0, 0.05) is 7.05 Å². The van der Waals surface area contributed by atoms with E-state index < -0.39 is 12.1 Å². The molecule has 1 aromatic heterocycles. The van der Waals surface area contributed by atoms with Crippen LogP contribution in [0.1, 0.15) is 34.4 Å². The molecule has 0 radical (unpaired) electrons. The maximum absolute atomic E-state index is 12.4. The van der Waals surface area contributed by atoms with Crippen molar-refractivity contribution in [2.24, 2.45) is 0 Å². The quantitative estimate of drug-likeness (QED) is 0.880. The van der Waals surface area contributed by atoms with Gasteiger partial charge in [0.1, 0.15) is 22.8 Å². The first kappa shape index (κ1) is 17.6. The molecule has 0 saturated carbocycles. The summed E-state index contributed by atoms with van der Waals surface area (Å²) in [4.78, 5) is 24.9. The topological polar surface area (TPSA) is 80.0 Å². The molecule has 0 bridgehead atoms. The van der Waals surface area contributed by atoms with Crippen LogP contribution in [0.4, 0.5) is 0 Å². The minimum atomic E-state index is -1.05. The van der Waals surface area contributed by atoms with Crippen molar-refractivity contribution in [1.29, 1.82) is 0 Å². The highest BCUT2D eigenvalue weighted by atomic mass is 16.5. The molecule has 1 amide bonds. The van der Waals surface area contributed by atoms with Crippen molar-refractivity contribution in [1.82, 2.24) is 4.90 Å². The molecule has 0 aliphatic carbocycles. The molecule has 1 aromatic carbocycles. The summed E-state index contributed by atoms with van der Waals surface area (Å²) in [5, 5.41) is 9.04. The number of amides is 1. The number of aromatic carboxylic acids is 1. The fourth-order valence-corrected chi connectivity index (χ4v) is 2.40. The number of hydrogen-bond donors (Lipinski definition) is 1. The number of carbonyl (C=O) groups is 2. The van der Waals surface area contributed by atoms with Crippen LogP contribution in [0.5, 0.6) is 5.75 Å². The average Bonchev–Trinajstić information content (AvgIpc) is 2.87. The van der Waals surface area contributed by atoms with Gasteiger partial charge in [-0.1, -0.05) is 12.1 Å². The van der Waals surface area contributed by atoms with E-state index in [1.165, 1.54) is 11.0 Å². The van der Waals surface area contributed by atoms with Crippen molar-refractivity contribution in [3.05, 3.63) is 53.0 Å². The summed E-state index contributed by atoms with van der Waals surface area (Å²) in [5.74, 6) is 0.104. The van der Waals surface area contributed by atoms with E-state index in [2.05, 4.69) is 0 Å². The molecule has 1 heterocycles. The van der Waals surface area contributed by atoms with Crippen LogP contribution in [0.2, 0.25) is 0 Å². The third-order valence-electron chi connectivity index (χ3n) is 3.62. The standard InChI is InChI=1S/C18H21NO5/c1-11-6-5-7-14(8-11)24-13(3)17(20)19(4)10-15-9-16(18(21)22)12(2)23-15/h5-9,13H,10H2,1-4H3,(H,21,22). The molecule has 1 unspecified atom stereocenters. The van der Waals surface area contributed by atoms with Crippen LogP contribution in [-0.2, 0) is 11.3 Å². The van der Waals surface area contributed by atoms with Gasteiger partial charge in [-0.25, -0.2) is 4.79 Å². The molecular formula is C18H21NO5. The lowest BCUT2D eigenvalue weighted by atomic mass is 10.2. The van der Waals surface area contributed by atoms with Crippen molar-refractivity contribution in [2.45, 2.75) is 33.4 Å². The second-order valence-electron chi connectivity index (χ2n) is 5.76. The van der Waals surface area contributed by atoms with Gasteiger partial charge in [0.2, 0.25) is 0 Å². The Morgan fingerprint density at radius 3 is 2.58 bits per heavy atom. The summed E-state index contributed by atoms with van der Waals surface area (Å²) in [6.07, 6.45) is -0.660. The molecule has 128 valence electrons. The summed E-state index contributed by atoms with van der Waals surface area (Å²) in [7, 11) is 1.62. The van der Waals surface area contributed by atoms with Crippen molar-refractivity contribution in [2.75, 3.05) is 7.05 Å². The van der Waals surface area contributed by atoms with Crippen LogP contribution in [0.15, 0.2) is 34.7 Å². The third-order valence-corrected chi connectivity index (χ3v) is 3.62. The lowest BCUT2D eigenvalue weighted by Gasteiger charge is -2.21. The minimum Gasteiger partial charge on any atom is -0.481 e.